The average molecular weight is 300 g/mol. The first-order valence-corrected chi connectivity index (χ1v) is 6.76. The maximum Gasteiger partial charge on any atom is 0.356 e. The van der Waals surface area contributed by atoms with Crippen molar-refractivity contribution >= 4 is 23.5 Å². The minimum Gasteiger partial charge on any atom is -0.476 e. The van der Waals surface area contributed by atoms with Crippen LogP contribution in [0.2, 0.25) is 5.02 Å². The van der Waals surface area contributed by atoms with E-state index >= 15 is 0 Å². The van der Waals surface area contributed by atoms with Crippen molar-refractivity contribution in [2.75, 3.05) is 31.2 Å². The highest BCUT2D eigenvalue weighted by atomic mass is 35.5. The molecular weight excluding hydrogens is 286 g/mol. The fourth-order valence-corrected chi connectivity index (χ4v) is 2.67. The SMILES string of the molecule is O=C(O)c1nc(N2CCC3(CC2)OCCO3)ncc1Cl. The third-order valence-electron chi connectivity index (χ3n) is 3.56. The topological polar surface area (TPSA) is 84.8 Å². The van der Waals surface area contributed by atoms with Gasteiger partial charge in [0.25, 0.3) is 0 Å². The molecule has 108 valence electrons. The summed E-state index contributed by atoms with van der Waals surface area (Å²) in [4.78, 5) is 21.1. The quantitative estimate of drug-likeness (QED) is 0.877. The van der Waals surface area contributed by atoms with Gasteiger partial charge in [-0.1, -0.05) is 11.6 Å². The summed E-state index contributed by atoms with van der Waals surface area (Å²) in [6, 6.07) is 0. The van der Waals surface area contributed by atoms with E-state index in [0.29, 0.717) is 45.1 Å². The van der Waals surface area contributed by atoms with E-state index in [2.05, 4.69) is 9.97 Å². The molecule has 7 nitrogen and oxygen atoms in total. The van der Waals surface area contributed by atoms with Gasteiger partial charge in [-0.25, -0.2) is 14.8 Å². The summed E-state index contributed by atoms with van der Waals surface area (Å²) in [7, 11) is 0. The maximum atomic E-state index is 11.0. The molecule has 0 saturated carbocycles. The molecule has 0 bridgehead atoms. The van der Waals surface area contributed by atoms with Crippen LogP contribution in [0.15, 0.2) is 6.20 Å². The predicted octanol–water partition coefficient (Wildman–Crippen LogP) is 1.17. The number of rotatable bonds is 2. The molecule has 8 heteroatoms. The fourth-order valence-electron chi connectivity index (χ4n) is 2.49. The lowest BCUT2D eigenvalue weighted by molar-refractivity contribution is -0.169. The molecule has 1 aromatic heterocycles. The van der Waals surface area contributed by atoms with Gasteiger partial charge in [-0.15, -0.1) is 0 Å². The molecule has 0 amide bonds. The Morgan fingerprint density at radius 3 is 2.60 bits per heavy atom. The van der Waals surface area contributed by atoms with E-state index in [9.17, 15) is 4.79 Å². The number of hydrogen-bond donors (Lipinski definition) is 1. The second-order valence-electron chi connectivity index (χ2n) is 4.77. The molecule has 2 saturated heterocycles. The summed E-state index contributed by atoms with van der Waals surface area (Å²) in [6.07, 6.45) is 2.74. The predicted molar refractivity (Wildman–Crippen MR) is 70.1 cm³/mol. The Kier molecular flexibility index (Phi) is 3.49. The van der Waals surface area contributed by atoms with E-state index in [1.54, 1.807) is 0 Å². The summed E-state index contributed by atoms with van der Waals surface area (Å²) in [5.74, 6) is -1.26. The molecule has 0 aromatic carbocycles. The highest BCUT2D eigenvalue weighted by Gasteiger charge is 2.40. The number of carboxylic acid groups (broad SMARTS) is 1. The molecule has 2 fully saturated rings. The van der Waals surface area contributed by atoms with Crippen LogP contribution in [-0.4, -0.2) is 53.1 Å². The van der Waals surface area contributed by atoms with Crippen molar-refractivity contribution in [1.29, 1.82) is 0 Å². The zero-order valence-corrected chi connectivity index (χ0v) is 11.5. The summed E-state index contributed by atoms with van der Waals surface area (Å²) in [5, 5.41) is 9.06. The van der Waals surface area contributed by atoms with Crippen LogP contribution in [0.3, 0.4) is 0 Å². The number of nitrogens with zero attached hydrogens (tertiary/aromatic N) is 3. The number of ether oxygens (including phenoxy) is 2. The van der Waals surface area contributed by atoms with Crippen molar-refractivity contribution in [2.45, 2.75) is 18.6 Å². The largest absolute Gasteiger partial charge is 0.476 e. The van der Waals surface area contributed by atoms with Crippen molar-refractivity contribution in [3.63, 3.8) is 0 Å². The molecule has 0 aliphatic carbocycles. The third kappa shape index (κ3) is 2.44. The van der Waals surface area contributed by atoms with Gasteiger partial charge in [0.2, 0.25) is 5.95 Å². The van der Waals surface area contributed by atoms with Crippen molar-refractivity contribution in [3.05, 3.63) is 16.9 Å². The molecular formula is C12H14ClN3O4. The van der Waals surface area contributed by atoms with Crippen LogP contribution in [0, 0.1) is 0 Å². The smallest absolute Gasteiger partial charge is 0.356 e. The summed E-state index contributed by atoms with van der Waals surface area (Å²) in [5.41, 5.74) is -0.176. The number of hydrogen-bond acceptors (Lipinski definition) is 6. The number of aromatic nitrogens is 2. The molecule has 3 heterocycles. The highest BCUT2D eigenvalue weighted by molar-refractivity contribution is 6.33. The molecule has 0 radical (unpaired) electrons. The van der Waals surface area contributed by atoms with Crippen LogP contribution in [0.1, 0.15) is 23.3 Å². The van der Waals surface area contributed by atoms with Crippen molar-refractivity contribution in [3.8, 4) is 0 Å². The van der Waals surface area contributed by atoms with Gasteiger partial charge >= 0.3 is 5.97 Å². The Morgan fingerprint density at radius 2 is 2.00 bits per heavy atom. The second kappa shape index (κ2) is 5.16. The van der Waals surface area contributed by atoms with Gasteiger partial charge in [-0.2, -0.15) is 0 Å². The fraction of sp³-hybridized carbons (Fsp3) is 0.583. The van der Waals surface area contributed by atoms with E-state index in [1.165, 1.54) is 6.20 Å². The first-order valence-electron chi connectivity index (χ1n) is 6.38. The highest BCUT2D eigenvalue weighted by Crippen LogP contribution is 2.32. The molecule has 1 spiro atoms. The zero-order valence-electron chi connectivity index (χ0n) is 10.7. The number of piperidine rings is 1. The lowest BCUT2D eigenvalue weighted by Crippen LogP contribution is -2.45. The first-order chi connectivity index (χ1) is 9.60. The molecule has 1 aromatic rings. The Hall–Kier alpha value is -1.44. The van der Waals surface area contributed by atoms with E-state index in [4.69, 9.17) is 26.2 Å². The zero-order chi connectivity index (χ0) is 14.2. The van der Waals surface area contributed by atoms with Gasteiger partial charge in [0, 0.05) is 25.9 Å². The van der Waals surface area contributed by atoms with Gasteiger partial charge in [-0.3, -0.25) is 0 Å². The Labute approximate surface area is 120 Å². The van der Waals surface area contributed by atoms with Crippen LogP contribution >= 0.6 is 11.6 Å². The van der Waals surface area contributed by atoms with Gasteiger partial charge in [0.05, 0.1) is 24.4 Å². The first kappa shape index (κ1) is 13.5. The number of halogens is 1. The minimum absolute atomic E-state index is 0.0391. The van der Waals surface area contributed by atoms with Crippen molar-refractivity contribution < 1.29 is 19.4 Å². The van der Waals surface area contributed by atoms with E-state index < -0.39 is 11.8 Å². The van der Waals surface area contributed by atoms with Gasteiger partial charge in [0.15, 0.2) is 11.5 Å². The lowest BCUT2D eigenvalue weighted by atomic mass is 10.0. The van der Waals surface area contributed by atoms with E-state index in [-0.39, 0.29) is 10.7 Å². The van der Waals surface area contributed by atoms with Crippen LogP contribution in [-0.2, 0) is 9.47 Å². The van der Waals surface area contributed by atoms with Crippen LogP contribution in [0.25, 0.3) is 0 Å². The number of anilines is 1. The Balaban J connectivity index is 1.75. The van der Waals surface area contributed by atoms with Gasteiger partial charge < -0.3 is 19.5 Å². The molecule has 2 aliphatic heterocycles. The molecule has 1 N–H and O–H groups in total. The molecule has 2 aliphatic rings. The Morgan fingerprint density at radius 1 is 1.35 bits per heavy atom. The summed E-state index contributed by atoms with van der Waals surface area (Å²) in [6.45, 7) is 2.56. The Bertz CT molecular complexity index is 523. The summed E-state index contributed by atoms with van der Waals surface area (Å²) >= 11 is 5.76. The number of carboxylic acids is 1. The lowest BCUT2D eigenvalue weighted by Gasteiger charge is -2.37. The standard InChI is InChI=1S/C12H14ClN3O4/c13-8-7-14-11(15-9(8)10(17)18)16-3-1-12(2-4-16)19-5-6-20-12/h7H,1-6H2,(H,17,18). The van der Waals surface area contributed by atoms with Crippen molar-refractivity contribution in [1.82, 2.24) is 9.97 Å². The van der Waals surface area contributed by atoms with Crippen LogP contribution < -0.4 is 4.90 Å². The third-order valence-corrected chi connectivity index (χ3v) is 3.83. The molecule has 0 unspecified atom stereocenters. The van der Waals surface area contributed by atoms with E-state index in [0.717, 1.165) is 0 Å². The van der Waals surface area contributed by atoms with Crippen LogP contribution in [0.4, 0.5) is 5.95 Å². The van der Waals surface area contributed by atoms with Crippen LogP contribution in [0.5, 0.6) is 0 Å². The monoisotopic (exact) mass is 299 g/mol. The number of aromatic carboxylic acids is 1. The summed E-state index contributed by atoms with van der Waals surface area (Å²) < 4.78 is 11.3. The second-order valence-corrected chi connectivity index (χ2v) is 5.17. The maximum absolute atomic E-state index is 11.0. The van der Waals surface area contributed by atoms with Gasteiger partial charge in [0.1, 0.15) is 0 Å². The normalized spacial score (nSPS) is 21.4. The molecule has 0 atom stereocenters. The molecule has 3 rings (SSSR count). The minimum atomic E-state index is -1.16. The molecule has 20 heavy (non-hydrogen) atoms. The number of carbonyl (C=O) groups is 1. The van der Waals surface area contributed by atoms with Gasteiger partial charge in [-0.05, 0) is 0 Å². The van der Waals surface area contributed by atoms with E-state index in [1.807, 2.05) is 4.90 Å². The van der Waals surface area contributed by atoms with Crippen molar-refractivity contribution in [2.24, 2.45) is 0 Å². The average Bonchev–Trinajstić information content (AvgIpc) is 2.88.